The number of aryl methyl sites for hydroxylation is 1. The molecule has 4 heteroatoms. The fourth-order valence-electron chi connectivity index (χ4n) is 2.21. The van der Waals surface area contributed by atoms with Crippen LogP contribution >= 0.6 is 0 Å². The lowest BCUT2D eigenvalue weighted by molar-refractivity contribution is 0.407. The summed E-state index contributed by atoms with van der Waals surface area (Å²) in [5.41, 5.74) is 4.31. The molecular weight excluding hydrogens is 250 g/mol. The maximum absolute atomic E-state index is 5.47. The standard InChI is InChI=1S/C16H21N3O/c1-10(2)12-9-13(11(3)8-15(12)20-5)14-6-7-16(17-4)19-18-14/h6-10H,1-5H3,(H,17,19). The van der Waals surface area contributed by atoms with Crippen LogP contribution in [0, 0.1) is 6.92 Å². The summed E-state index contributed by atoms with van der Waals surface area (Å²) in [5, 5.41) is 11.4. The van der Waals surface area contributed by atoms with Crippen LogP contribution in [0.15, 0.2) is 24.3 Å². The molecule has 0 amide bonds. The maximum Gasteiger partial charge on any atom is 0.148 e. The van der Waals surface area contributed by atoms with Crippen LogP contribution in [0.4, 0.5) is 5.82 Å². The second-order valence-corrected chi connectivity index (χ2v) is 5.12. The Morgan fingerprint density at radius 3 is 2.40 bits per heavy atom. The number of nitrogens with one attached hydrogen (secondary N) is 1. The Kier molecular flexibility index (Phi) is 4.23. The van der Waals surface area contributed by atoms with E-state index in [0.717, 1.165) is 28.4 Å². The third kappa shape index (κ3) is 2.74. The van der Waals surface area contributed by atoms with Crippen molar-refractivity contribution < 1.29 is 4.74 Å². The Morgan fingerprint density at radius 2 is 1.90 bits per heavy atom. The quantitative estimate of drug-likeness (QED) is 0.922. The average Bonchev–Trinajstić information content (AvgIpc) is 2.46. The van der Waals surface area contributed by atoms with Gasteiger partial charge in [-0.25, -0.2) is 0 Å². The van der Waals surface area contributed by atoms with Crippen LogP contribution in [0.1, 0.15) is 30.9 Å². The van der Waals surface area contributed by atoms with Gasteiger partial charge in [-0.3, -0.25) is 0 Å². The molecule has 1 heterocycles. The third-order valence-electron chi connectivity index (χ3n) is 3.40. The van der Waals surface area contributed by atoms with Crippen LogP contribution in [-0.4, -0.2) is 24.4 Å². The summed E-state index contributed by atoms with van der Waals surface area (Å²) in [6.07, 6.45) is 0. The summed E-state index contributed by atoms with van der Waals surface area (Å²) >= 11 is 0. The number of nitrogens with zero attached hydrogens (tertiary/aromatic N) is 2. The van der Waals surface area contributed by atoms with Gasteiger partial charge in [0, 0.05) is 12.6 Å². The van der Waals surface area contributed by atoms with Gasteiger partial charge in [0.1, 0.15) is 11.6 Å². The fourth-order valence-corrected chi connectivity index (χ4v) is 2.21. The number of anilines is 1. The predicted octanol–water partition coefficient (Wildman–Crippen LogP) is 3.63. The van der Waals surface area contributed by atoms with E-state index < -0.39 is 0 Å². The predicted molar refractivity (Wildman–Crippen MR) is 82.4 cm³/mol. The molecule has 1 aromatic carbocycles. The largest absolute Gasteiger partial charge is 0.496 e. The van der Waals surface area contributed by atoms with Crippen molar-refractivity contribution >= 4 is 5.82 Å². The SMILES string of the molecule is CNc1ccc(-c2cc(C(C)C)c(OC)cc2C)nn1. The molecule has 0 aliphatic heterocycles. The van der Waals surface area contributed by atoms with Crippen LogP contribution in [-0.2, 0) is 0 Å². The molecule has 0 atom stereocenters. The number of rotatable bonds is 4. The molecule has 106 valence electrons. The van der Waals surface area contributed by atoms with Crippen LogP contribution < -0.4 is 10.1 Å². The molecule has 2 aromatic rings. The van der Waals surface area contributed by atoms with Crippen molar-refractivity contribution in [1.82, 2.24) is 10.2 Å². The van der Waals surface area contributed by atoms with Crippen molar-refractivity contribution in [2.24, 2.45) is 0 Å². The van der Waals surface area contributed by atoms with Crippen molar-refractivity contribution in [2.75, 3.05) is 19.5 Å². The van der Waals surface area contributed by atoms with Gasteiger partial charge in [-0.1, -0.05) is 13.8 Å². The summed E-state index contributed by atoms with van der Waals surface area (Å²) in [7, 11) is 3.54. The maximum atomic E-state index is 5.47. The topological polar surface area (TPSA) is 47.0 Å². The molecule has 1 N–H and O–H groups in total. The second-order valence-electron chi connectivity index (χ2n) is 5.12. The van der Waals surface area contributed by atoms with E-state index in [1.54, 1.807) is 7.11 Å². The minimum absolute atomic E-state index is 0.397. The molecule has 0 spiro atoms. The molecule has 1 aromatic heterocycles. The minimum Gasteiger partial charge on any atom is -0.496 e. The van der Waals surface area contributed by atoms with Gasteiger partial charge in [-0.15, -0.1) is 10.2 Å². The normalized spacial score (nSPS) is 10.7. The van der Waals surface area contributed by atoms with Gasteiger partial charge in [0.2, 0.25) is 0 Å². The molecule has 0 fully saturated rings. The number of hydrogen-bond donors (Lipinski definition) is 1. The molecule has 0 unspecified atom stereocenters. The lowest BCUT2D eigenvalue weighted by Gasteiger charge is -2.15. The van der Waals surface area contributed by atoms with E-state index in [1.807, 2.05) is 19.2 Å². The molecule has 0 bridgehead atoms. The van der Waals surface area contributed by atoms with Crippen molar-refractivity contribution in [3.8, 4) is 17.0 Å². The zero-order valence-corrected chi connectivity index (χ0v) is 12.7. The molecule has 4 nitrogen and oxygen atoms in total. The van der Waals surface area contributed by atoms with Crippen molar-refractivity contribution in [3.05, 3.63) is 35.4 Å². The first kappa shape index (κ1) is 14.3. The van der Waals surface area contributed by atoms with Gasteiger partial charge in [0.25, 0.3) is 0 Å². The Bertz CT molecular complexity index is 591. The highest BCUT2D eigenvalue weighted by atomic mass is 16.5. The smallest absolute Gasteiger partial charge is 0.148 e. The highest BCUT2D eigenvalue weighted by molar-refractivity contribution is 5.67. The van der Waals surface area contributed by atoms with Gasteiger partial charge < -0.3 is 10.1 Å². The van der Waals surface area contributed by atoms with Crippen LogP contribution in [0.3, 0.4) is 0 Å². The van der Waals surface area contributed by atoms with Crippen LogP contribution in [0.2, 0.25) is 0 Å². The van der Waals surface area contributed by atoms with E-state index in [2.05, 4.69) is 48.4 Å². The molecule has 2 rings (SSSR count). The van der Waals surface area contributed by atoms with Crippen molar-refractivity contribution in [3.63, 3.8) is 0 Å². The summed E-state index contributed by atoms with van der Waals surface area (Å²) in [4.78, 5) is 0. The van der Waals surface area contributed by atoms with E-state index in [9.17, 15) is 0 Å². The van der Waals surface area contributed by atoms with E-state index in [0.29, 0.717) is 5.92 Å². The molecule has 0 radical (unpaired) electrons. The van der Waals surface area contributed by atoms with Gasteiger partial charge in [-0.2, -0.15) is 0 Å². The Morgan fingerprint density at radius 1 is 1.15 bits per heavy atom. The number of hydrogen-bond acceptors (Lipinski definition) is 4. The fraction of sp³-hybridized carbons (Fsp3) is 0.375. The Labute approximate surface area is 120 Å². The first-order chi connectivity index (χ1) is 9.56. The summed E-state index contributed by atoms with van der Waals surface area (Å²) < 4.78 is 5.47. The van der Waals surface area contributed by atoms with Crippen LogP contribution in [0.25, 0.3) is 11.3 Å². The van der Waals surface area contributed by atoms with Gasteiger partial charge in [0.05, 0.1) is 12.8 Å². The lowest BCUT2D eigenvalue weighted by Crippen LogP contribution is -1.99. The van der Waals surface area contributed by atoms with Crippen molar-refractivity contribution in [1.29, 1.82) is 0 Å². The highest BCUT2D eigenvalue weighted by Gasteiger charge is 2.13. The Balaban J connectivity index is 2.52. The highest BCUT2D eigenvalue weighted by Crippen LogP contribution is 2.33. The molecule has 0 aliphatic rings. The monoisotopic (exact) mass is 271 g/mol. The number of aromatic nitrogens is 2. The second kappa shape index (κ2) is 5.90. The van der Waals surface area contributed by atoms with E-state index in [1.165, 1.54) is 5.56 Å². The summed E-state index contributed by atoms with van der Waals surface area (Å²) in [5.74, 6) is 2.10. The number of ether oxygens (including phenoxy) is 1. The van der Waals surface area contributed by atoms with Crippen LogP contribution in [0.5, 0.6) is 5.75 Å². The van der Waals surface area contributed by atoms with Gasteiger partial charge >= 0.3 is 0 Å². The zero-order chi connectivity index (χ0) is 14.7. The van der Waals surface area contributed by atoms with E-state index >= 15 is 0 Å². The number of methoxy groups -OCH3 is 1. The molecule has 0 saturated heterocycles. The van der Waals surface area contributed by atoms with E-state index in [4.69, 9.17) is 4.74 Å². The molecule has 0 aliphatic carbocycles. The molecule has 0 saturated carbocycles. The van der Waals surface area contributed by atoms with Gasteiger partial charge in [0.15, 0.2) is 0 Å². The minimum atomic E-state index is 0.397. The molecular formula is C16H21N3O. The lowest BCUT2D eigenvalue weighted by atomic mass is 9.95. The van der Waals surface area contributed by atoms with Crippen molar-refractivity contribution in [2.45, 2.75) is 26.7 Å². The molecule has 20 heavy (non-hydrogen) atoms. The van der Waals surface area contributed by atoms with Gasteiger partial charge in [-0.05, 0) is 48.2 Å². The zero-order valence-electron chi connectivity index (χ0n) is 12.7. The first-order valence-corrected chi connectivity index (χ1v) is 6.77. The van der Waals surface area contributed by atoms with E-state index in [-0.39, 0.29) is 0 Å². The summed E-state index contributed by atoms with van der Waals surface area (Å²) in [6, 6.07) is 8.14. The number of benzene rings is 1. The Hall–Kier alpha value is -2.10. The average molecular weight is 271 g/mol. The first-order valence-electron chi connectivity index (χ1n) is 6.77. The summed E-state index contributed by atoms with van der Waals surface area (Å²) in [6.45, 7) is 6.38. The third-order valence-corrected chi connectivity index (χ3v) is 3.40.